The van der Waals surface area contributed by atoms with Gasteiger partial charge in [0.2, 0.25) is 5.91 Å². The maximum Gasteiger partial charge on any atom is 0.307 e. The Morgan fingerprint density at radius 3 is 2.68 bits per heavy atom. The second-order valence-electron chi connectivity index (χ2n) is 3.81. The maximum absolute atomic E-state index is 11.6. The molecule has 1 rings (SSSR count). The van der Waals surface area contributed by atoms with Gasteiger partial charge in [-0.05, 0) is 11.4 Å². The van der Waals surface area contributed by atoms with Gasteiger partial charge in [-0.3, -0.25) is 14.4 Å². The van der Waals surface area contributed by atoms with E-state index in [1.807, 2.05) is 11.4 Å². The van der Waals surface area contributed by atoms with Gasteiger partial charge in [0, 0.05) is 11.3 Å². The van der Waals surface area contributed by atoms with Crippen LogP contribution < -0.4 is 5.32 Å². The first-order valence-electron chi connectivity index (χ1n) is 5.64. The summed E-state index contributed by atoms with van der Waals surface area (Å²) in [6.45, 7) is 0. The van der Waals surface area contributed by atoms with Gasteiger partial charge >= 0.3 is 11.9 Å². The molecular formula is C12H15NO5S. The molecule has 1 amide bonds. The molecule has 0 aliphatic heterocycles. The Morgan fingerprint density at radius 1 is 1.42 bits per heavy atom. The van der Waals surface area contributed by atoms with E-state index in [2.05, 4.69) is 10.1 Å². The lowest BCUT2D eigenvalue weighted by Gasteiger charge is -2.16. The number of aliphatic carboxylic acids is 1. The molecule has 0 aliphatic carbocycles. The van der Waals surface area contributed by atoms with Crippen molar-refractivity contribution in [3.05, 3.63) is 22.4 Å². The van der Waals surface area contributed by atoms with Crippen LogP contribution >= 0.6 is 11.3 Å². The molecule has 0 saturated heterocycles. The second kappa shape index (κ2) is 7.52. The normalized spacial score (nSPS) is 11.6. The third-order valence-electron chi connectivity index (χ3n) is 2.39. The largest absolute Gasteiger partial charge is 0.481 e. The predicted octanol–water partition coefficient (Wildman–Crippen LogP) is 1.33. The first-order chi connectivity index (χ1) is 9.02. The van der Waals surface area contributed by atoms with Crippen molar-refractivity contribution in [2.75, 3.05) is 7.11 Å². The van der Waals surface area contributed by atoms with Gasteiger partial charge in [0.15, 0.2) is 0 Å². The molecule has 0 saturated carbocycles. The number of methoxy groups -OCH3 is 1. The number of carboxylic acid groups (broad SMARTS) is 1. The van der Waals surface area contributed by atoms with Gasteiger partial charge in [-0.1, -0.05) is 6.07 Å². The van der Waals surface area contributed by atoms with Gasteiger partial charge in [0.25, 0.3) is 0 Å². The number of carboxylic acids is 1. The van der Waals surface area contributed by atoms with Crippen molar-refractivity contribution in [2.45, 2.75) is 25.3 Å². The molecule has 7 heteroatoms. The molecule has 0 fully saturated rings. The van der Waals surface area contributed by atoms with E-state index < -0.39 is 23.9 Å². The molecule has 0 spiro atoms. The zero-order valence-electron chi connectivity index (χ0n) is 10.4. The van der Waals surface area contributed by atoms with Crippen LogP contribution in [0.5, 0.6) is 0 Å². The maximum atomic E-state index is 11.6. The number of thiophene rings is 1. The molecular weight excluding hydrogens is 270 g/mol. The lowest BCUT2D eigenvalue weighted by atomic mass is 10.1. The van der Waals surface area contributed by atoms with E-state index in [1.165, 1.54) is 18.4 Å². The molecule has 19 heavy (non-hydrogen) atoms. The summed E-state index contributed by atoms with van der Waals surface area (Å²) in [4.78, 5) is 34.1. The van der Waals surface area contributed by atoms with E-state index in [4.69, 9.17) is 5.11 Å². The van der Waals surface area contributed by atoms with Crippen LogP contribution in [-0.4, -0.2) is 30.1 Å². The Balaban J connectivity index is 2.61. The Morgan fingerprint density at radius 2 is 2.16 bits per heavy atom. The van der Waals surface area contributed by atoms with E-state index in [0.29, 0.717) is 0 Å². The minimum Gasteiger partial charge on any atom is -0.481 e. The van der Waals surface area contributed by atoms with Crippen LogP contribution in [0.25, 0.3) is 0 Å². The summed E-state index contributed by atoms with van der Waals surface area (Å²) < 4.78 is 4.58. The molecule has 1 aromatic heterocycles. The summed E-state index contributed by atoms with van der Waals surface area (Å²) in [6.07, 6.45) is -0.324. The fraction of sp³-hybridized carbons (Fsp3) is 0.417. The zero-order chi connectivity index (χ0) is 14.3. The smallest absolute Gasteiger partial charge is 0.307 e. The fourth-order valence-electron chi connectivity index (χ4n) is 1.45. The van der Waals surface area contributed by atoms with E-state index >= 15 is 0 Å². The van der Waals surface area contributed by atoms with Crippen LogP contribution in [0, 0.1) is 0 Å². The number of carbonyl (C=O) groups is 3. The summed E-state index contributed by atoms with van der Waals surface area (Å²) in [5.74, 6) is -1.86. The van der Waals surface area contributed by atoms with Crippen LogP contribution in [0.15, 0.2) is 17.5 Å². The average molecular weight is 285 g/mol. The number of hydrogen-bond acceptors (Lipinski definition) is 5. The SMILES string of the molecule is COC(=O)CC(NC(=O)CCC(=O)O)c1cccs1. The predicted molar refractivity (Wildman–Crippen MR) is 68.7 cm³/mol. The molecule has 104 valence electrons. The van der Waals surface area contributed by atoms with Crippen molar-refractivity contribution < 1.29 is 24.2 Å². The van der Waals surface area contributed by atoms with Crippen molar-refractivity contribution in [1.82, 2.24) is 5.32 Å². The molecule has 1 heterocycles. The van der Waals surface area contributed by atoms with Gasteiger partial charge in [0.05, 0.1) is 26.0 Å². The summed E-state index contributed by atoms with van der Waals surface area (Å²) in [5, 5.41) is 13.0. The Hall–Kier alpha value is -1.89. The van der Waals surface area contributed by atoms with Crippen LogP contribution in [0.1, 0.15) is 30.2 Å². The highest BCUT2D eigenvalue weighted by Crippen LogP contribution is 2.22. The number of nitrogens with one attached hydrogen (secondary N) is 1. The molecule has 0 aliphatic rings. The zero-order valence-corrected chi connectivity index (χ0v) is 11.2. The molecule has 2 N–H and O–H groups in total. The van der Waals surface area contributed by atoms with Crippen LogP contribution in [0.4, 0.5) is 0 Å². The Labute approximate surface area is 114 Å². The minimum atomic E-state index is -1.03. The first kappa shape index (κ1) is 15.2. The molecule has 1 aromatic rings. The van der Waals surface area contributed by atoms with Gasteiger partial charge in [0.1, 0.15) is 0 Å². The van der Waals surface area contributed by atoms with Crippen molar-refractivity contribution in [3.63, 3.8) is 0 Å². The van der Waals surface area contributed by atoms with Gasteiger partial charge < -0.3 is 15.2 Å². The monoisotopic (exact) mass is 285 g/mol. The lowest BCUT2D eigenvalue weighted by Crippen LogP contribution is -2.30. The Bertz CT molecular complexity index is 443. The fourth-order valence-corrected chi connectivity index (χ4v) is 2.23. The first-order valence-corrected chi connectivity index (χ1v) is 6.52. The molecule has 0 aromatic carbocycles. The van der Waals surface area contributed by atoms with Gasteiger partial charge in [-0.25, -0.2) is 0 Å². The number of carbonyl (C=O) groups excluding carboxylic acids is 2. The van der Waals surface area contributed by atoms with Crippen LogP contribution in [-0.2, 0) is 19.1 Å². The van der Waals surface area contributed by atoms with Gasteiger partial charge in [-0.15, -0.1) is 11.3 Å². The molecule has 1 unspecified atom stereocenters. The second-order valence-corrected chi connectivity index (χ2v) is 4.79. The molecule has 6 nitrogen and oxygen atoms in total. The highest BCUT2D eigenvalue weighted by Gasteiger charge is 2.20. The third-order valence-corrected chi connectivity index (χ3v) is 3.37. The molecule has 0 bridgehead atoms. The highest BCUT2D eigenvalue weighted by atomic mass is 32.1. The van der Waals surface area contributed by atoms with E-state index in [-0.39, 0.29) is 19.3 Å². The number of hydrogen-bond donors (Lipinski definition) is 2. The van der Waals surface area contributed by atoms with Crippen LogP contribution in [0.3, 0.4) is 0 Å². The van der Waals surface area contributed by atoms with Gasteiger partial charge in [-0.2, -0.15) is 0 Å². The number of ether oxygens (including phenoxy) is 1. The van der Waals surface area contributed by atoms with E-state index in [0.717, 1.165) is 4.88 Å². The topological polar surface area (TPSA) is 92.7 Å². The summed E-state index contributed by atoms with van der Waals surface area (Å²) in [5.41, 5.74) is 0. The lowest BCUT2D eigenvalue weighted by molar-refractivity contribution is -0.142. The quantitative estimate of drug-likeness (QED) is 0.737. The van der Waals surface area contributed by atoms with Crippen molar-refractivity contribution in [1.29, 1.82) is 0 Å². The summed E-state index contributed by atoms with van der Waals surface area (Å²) in [7, 11) is 1.28. The summed E-state index contributed by atoms with van der Waals surface area (Å²) >= 11 is 1.41. The minimum absolute atomic E-state index is 0.0236. The van der Waals surface area contributed by atoms with E-state index in [9.17, 15) is 14.4 Å². The number of amides is 1. The van der Waals surface area contributed by atoms with Crippen molar-refractivity contribution in [2.24, 2.45) is 0 Å². The number of esters is 1. The molecule has 0 radical (unpaired) electrons. The number of rotatable bonds is 7. The highest BCUT2D eigenvalue weighted by molar-refractivity contribution is 7.10. The Kier molecular flexibility index (Phi) is 6.01. The van der Waals surface area contributed by atoms with Crippen molar-refractivity contribution in [3.8, 4) is 0 Å². The van der Waals surface area contributed by atoms with Crippen molar-refractivity contribution >= 4 is 29.2 Å². The molecule has 1 atom stereocenters. The third kappa shape index (κ3) is 5.52. The van der Waals surface area contributed by atoms with E-state index in [1.54, 1.807) is 6.07 Å². The standard InChI is InChI=1S/C12H15NO5S/c1-18-12(17)7-8(9-3-2-6-19-9)13-10(14)4-5-11(15)16/h2-3,6,8H,4-5,7H2,1H3,(H,13,14)(H,15,16). The van der Waals surface area contributed by atoms with Crippen LogP contribution in [0.2, 0.25) is 0 Å². The summed E-state index contributed by atoms with van der Waals surface area (Å²) in [6, 6.07) is 3.14. The average Bonchev–Trinajstić information content (AvgIpc) is 2.89.